The summed E-state index contributed by atoms with van der Waals surface area (Å²) in [6.07, 6.45) is 3.78. The molecule has 1 aromatic heterocycles. The van der Waals surface area contributed by atoms with Crippen molar-refractivity contribution in [3.05, 3.63) is 72.1 Å². The lowest BCUT2D eigenvalue weighted by molar-refractivity contribution is 0.411. The van der Waals surface area contributed by atoms with Crippen LogP contribution in [0.25, 0.3) is 5.69 Å². The SMILES string of the molecule is COc1ccccc1-n1cc(S(=O)(=O)NCC2NCCc3ccccc32)cn1.Cl. The Kier molecular flexibility index (Phi) is 6.59. The molecule has 0 amide bonds. The number of halogens is 1. The molecule has 2 N–H and O–H groups in total. The third-order valence-electron chi connectivity index (χ3n) is 4.89. The fourth-order valence-corrected chi connectivity index (χ4v) is 4.42. The minimum atomic E-state index is -3.68. The summed E-state index contributed by atoms with van der Waals surface area (Å²) in [5.41, 5.74) is 3.07. The van der Waals surface area contributed by atoms with Gasteiger partial charge in [0.2, 0.25) is 10.0 Å². The number of fused-ring (bicyclic) bond motifs is 1. The maximum absolute atomic E-state index is 12.8. The zero-order chi connectivity index (χ0) is 19.6. The van der Waals surface area contributed by atoms with Gasteiger partial charge < -0.3 is 10.1 Å². The molecular weight excluding hydrogens is 412 g/mol. The van der Waals surface area contributed by atoms with Gasteiger partial charge in [-0.3, -0.25) is 0 Å². The van der Waals surface area contributed by atoms with Gasteiger partial charge in [0.1, 0.15) is 16.3 Å². The van der Waals surface area contributed by atoms with Crippen molar-refractivity contribution in [2.45, 2.75) is 17.4 Å². The van der Waals surface area contributed by atoms with E-state index in [1.54, 1.807) is 13.2 Å². The number of aromatic nitrogens is 2. The number of rotatable bonds is 6. The van der Waals surface area contributed by atoms with E-state index in [9.17, 15) is 8.42 Å². The second-order valence-corrected chi connectivity index (χ2v) is 8.37. The Labute approximate surface area is 176 Å². The summed E-state index contributed by atoms with van der Waals surface area (Å²) < 4.78 is 35.1. The maximum Gasteiger partial charge on any atom is 0.243 e. The molecule has 4 rings (SSSR count). The summed E-state index contributed by atoms with van der Waals surface area (Å²) in [4.78, 5) is 0.113. The van der Waals surface area contributed by atoms with Crippen molar-refractivity contribution in [2.24, 2.45) is 0 Å². The second kappa shape index (κ2) is 8.96. The van der Waals surface area contributed by atoms with Crippen LogP contribution in [0.5, 0.6) is 5.75 Å². The van der Waals surface area contributed by atoms with Crippen LogP contribution in [0.1, 0.15) is 17.2 Å². The highest BCUT2D eigenvalue weighted by atomic mass is 35.5. The molecule has 1 aliphatic heterocycles. The summed E-state index contributed by atoms with van der Waals surface area (Å²) in [5.74, 6) is 0.616. The highest BCUT2D eigenvalue weighted by Gasteiger charge is 2.23. The number of hydrogen-bond donors (Lipinski definition) is 2. The van der Waals surface area contributed by atoms with Gasteiger partial charge in [-0.05, 0) is 36.2 Å². The predicted molar refractivity (Wildman–Crippen MR) is 113 cm³/mol. The maximum atomic E-state index is 12.8. The second-order valence-electron chi connectivity index (χ2n) is 6.60. The van der Waals surface area contributed by atoms with Crippen molar-refractivity contribution in [1.29, 1.82) is 0 Å². The molecule has 0 bridgehead atoms. The van der Waals surface area contributed by atoms with E-state index in [-0.39, 0.29) is 29.9 Å². The minimum Gasteiger partial charge on any atom is -0.494 e. The average Bonchev–Trinajstić information content (AvgIpc) is 3.23. The predicted octanol–water partition coefficient (Wildman–Crippen LogP) is 2.47. The van der Waals surface area contributed by atoms with Crippen LogP contribution in [0.2, 0.25) is 0 Å². The molecule has 3 aromatic rings. The Morgan fingerprint density at radius 3 is 2.79 bits per heavy atom. The first-order chi connectivity index (χ1) is 13.6. The molecule has 9 heteroatoms. The van der Waals surface area contributed by atoms with E-state index in [2.05, 4.69) is 21.2 Å². The Bertz CT molecular complexity index is 1080. The summed E-state index contributed by atoms with van der Waals surface area (Å²) in [6.45, 7) is 1.11. The van der Waals surface area contributed by atoms with Gasteiger partial charge in [0.05, 0.1) is 19.5 Å². The molecule has 2 aromatic carbocycles. The van der Waals surface area contributed by atoms with Crippen molar-refractivity contribution in [3.8, 4) is 11.4 Å². The van der Waals surface area contributed by atoms with Crippen molar-refractivity contribution in [2.75, 3.05) is 20.2 Å². The van der Waals surface area contributed by atoms with Crippen molar-refractivity contribution in [1.82, 2.24) is 19.8 Å². The van der Waals surface area contributed by atoms with E-state index in [1.807, 2.05) is 36.4 Å². The highest BCUT2D eigenvalue weighted by molar-refractivity contribution is 7.89. The highest BCUT2D eigenvalue weighted by Crippen LogP contribution is 2.24. The fraction of sp³-hybridized carbons (Fsp3) is 0.250. The van der Waals surface area contributed by atoms with Gasteiger partial charge in [-0.15, -0.1) is 12.4 Å². The first-order valence-corrected chi connectivity index (χ1v) is 10.6. The monoisotopic (exact) mass is 434 g/mol. The summed E-state index contributed by atoms with van der Waals surface area (Å²) in [6, 6.07) is 15.4. The largest absolute Gasteiger partial charge is 0.494 e. The molecule has 1 atom stereocenters. The number of para-hydroxylation sites is 2. The number of ether oxygens (including phenoxy) is 1. The topological polar surface area (TPSA) is 85.2 Å². The zero-order valence-corrected chi connectivity index (χ0v) is 17.5. The third kappa shape index (κ3) is 4.45. The van der Waals surface area contributed by atoms with Crippen LogP contribution < -0.4 is 14.8 Å². The van der Waals surface area contributed by atoms with E-state index in [0.717, 1.165) is 18.5 Å². The van der Waals surface area contributed by atoms with Gasteiger partial charge in [0, 0.05) is 12.6 Å². The molecule has 0 saturated carbocycles. The van der Waals surface area contributed by atoms with E-state index < -0.39 is 10.0 Å². The third-order valence-corrected chi connectivity index (χ3v) is 6.27. The molecule has 29 heavy (non-hydrogen) atoms. The molecule has 0 spiro atoms. The lowest BCUT2D eigenvalue weighted by Gasteiger charge is -2.27. The Hall–Kier alpha value is -2.39. The van der Waals surface area contributed by atoms with E-state index in [0.29, 0.717) is 11.4 Å². The first-order valence-electron chi connectivity index (χ1n) is 9.07. The molecule has 7 nitrogen and oxygen atoms in total. The van der Waals surface area contributed by atoms with E-state index in [4.69, 9.17) is 4.74 Å². The Morgan fingerprint density at radius 2 is 1.97 bits per heavy atom. The van der Waals surface area contributed by atoms with E-state index >= 15 is 0 Å². The van der Waals surface area contributed by atoms with Gasteiger partial charge in [-0.1, -0.05) is 36.4 Å². The molecule has 154 valence electrons. The lowest BCUT2D eigenvalue weighted by atomic mass is 9.95. The number of methoxy groups -OCH3 is 1. The standard InChI is InChI=1S/C20H22N4O3S.ClH/c1-27-20-9-5-4-8-19(20)24-14-16(12-22-24)28(25,26)23-13-18-17-7-3-2-6-15(17)10-11-21-18;/h2-9,12,14,18,21,23H,10-11,13H2,1H3;1H. The number of nitrogens with one attached hydrogen (secondary N) is 2. The summed E-state index contributed by atoms with van der Waals surface area (Å²) >= 11 is 0. The van der Waals surface area contributed by atoms with Gasteiger partial charge in [0.25, 0.3) is 0 Å². The smallest absolute Gasteiger partial charge is 0.243 e. The van der Waals surface area contributed by atoms with Gasteiger partial charge in [-0.2, -0.15) is 5.10 Å². The number of sulfonamides is 1. The number of hydrogen-bond acceptors (Lipinski definition) is 5. The van der Waals surface area contributed by atoms with Crippen LogP contribution in [-0.2, 0) is 16.4 Å². The van der Waals surface area contributed by atoms with Crippen molar-refractivity contribution in [3.63, 3.8) is 0 Å². The summed E-state index contributed by atoms with van der Waals surface area (Å²) in [7, 11) is -2.12. The Balaban J connectivity index is 0.00000240. The number of nitrogens with zero attached hydrogens (tertiary/aromatic N) is 2. The van der Waals surface area contributed by atoms with Crippen LogP contribution in [-0.4, -0.2) is 38.4 Å². The van der Waals surface area contributed by atoms with Crippen molar-refractivity contribution >= 4 is 22.4 Å². The Morgan fingerprint density at radius 1 is 1.21 bits per heavy atom. The molecule has 0 fully saturated rings. The zero-order valence-electron chi connectivity index (χ0n) is 15.9. The number of benzene rings is 2. The van der Waals surface area contributed by atoms with Gasteiger partial charge in [0.15, 0.2) is 0 Å². The normalized spacial score (nSPS) is 16.0. The van der Waals surface area contributed by atoms with E-state index in [1.165, 1.54) is 22.6 Å². The quantitative estimate of drug-likeness (QED) is 0.622. The fourth-order valence-electron chi connectivity index (χ4n) is 3.45. The van der Waals surface area contributed by atoms with Crippen LogP contribution in [0, 0.1) is 0 Å². The average molecular weight is 435 g/mol. The van der Waals surface area contributed by atoms with Crippen molar-refractivity contribution < 1.29 is 13.2 Å². The van der Waals surface area contributed by atoms with Crippen LogP contribution >= 0.6 is 12.4 Å². The van der Waals surface area contributed by atoms with Gasteiger partial charge >= 0.3 is 0 Å². The minimum absolute atomic E-state index is 0. The molecule has 2 heterocycles. The molecule has 0 radical (unpaired) electrons. The van der Waals surface area contributed by atoms with Crippen LogP contribution in [0.3, 0.4) is 0 Å². The molecular formula is C20H23ClN4O3S. The molecule has 0 saturated heterocycles. The van der Waals surface area contributed by atoms with Gasteiger partial charge in [-0.25, -0.2) is 17.8 Å². The van der Waals surface area contributed by atoms with Crippen LogP contribution in [0.15, 0.2) is 65.8 Å². The first kappa shape index (κ1) is 21.3. The molecule has 1 aliphatic rings. The molecule has 0 aliphatic carbocycles. The molecule has 1 unspecified atom stereocenters. The van der Waals surface area contributed by atoms with Crippen LogP contribution in [0.4, 0.5) is 0 Å². The summed E-state index contributed by atoms with van der Waals surface area (Å²) in [5, 5.41) is 7.58. The lowest BCUT2D eigenvalue weighted by Crippen LogP contribution is -2.38.